The molecule has 2 N–H and O–H groups in total. The van der Waals surface area contributed by atoms with E-state index in [1.54, 1.807) is 6.07 Å². The van der Waals surface area contributed by atoms with E-state index in [2.05, 4.69) is 10.3 Å². The molecule has 0 aromatic carbocycles. The van der Waals surface area contributed by atoms with Crippen LogP contribution in [-0.4, -0.2) is 40.6 Å². The van der Waals surface area contributed by atoms with E-state index in [0.29, 0.717) is 42.1 Å². The second-order valence-electron chi connectivity index (χ2n) is 7.90. The summed E-state index contributed by atoms with van der Waals surface area (Å²) in [6, 6.07) is 3.57. The number of nitrogens with zero attached hydrogens (tertiary/aromatic N) is 2. The molecule has 3 heterocycles. The number of hydrogen-bond acceptors (Lipinski definition) is 5. The number of aliphatic hydroxyl groups excluding tert-OH is 1. The summed E-state index contributed by atoms with van der Waals surface area (Å²) in [7, 11) is 0. The molecule has 29 heavy (non-hydrogen) atoms. The molecule has 0 spiro atoms. The van der Waals surface area contributed by atoms with Gasteiger partial charge in [-0.2, -0.15) is 0 Å². The van der Waals surface area contributed by atoms with Crippen LogP contribution in [0.15, 0.2) is 18.3 Å². The first kappa shape index (κ1) is 20.4. The van der Waals surface area contributed by atoms with E-state index in [1.807, 2.05) is 13.0 Å². The van der Waals surface area contributed by atoms with Gasteiger partial charge in [0, 0.05) is 41.4 Å². The zero-order valence-electron chi connectivity index (χ0n) is 16.4. The van der Waals surface area contributed by atoms with Crippen molar-refractivity contribution in [3.63, 3.8) is 0 Å². The van der Waals surface area contributed by atoms with Crippen LogP contribution in [0.4, 0.5) is 8.78 Å². The Morgan fingerprint density at radius 3 is 2.86 bits per heavy atom. The molecule has 0 amide bonds. The molecular weight excluding hydrogens is 400 g/mol. The minimum Gasteiger partial charge on any atom is -0.490 e. The zero-order valence-corrected chi connectivity index (χ0v) is 17.1. The lowest BCUT2D eigenvalue weighted by Gasteiger charge is -2.23. The number of nitrogens with one attached hydrogen (secondary N) is 1. The van der Waals surface area contributed by atoms with Crippen LogP contribution in [0, 0.1) is 0 Å². The molecule has 1 fully saturated rings. The second-order valence-corrected chi connectivity index (χ2v) is 8.28. The van der Waals surface area contributed by atoms with Crippen molar-refractivity contribution in [1.82, 2.24) is 15.3 Å². The van der Waals surface area contributed by atoms with Gasteiger partial charge in [-0.15, -0.1) is 0 Å². The number of halogens is 3. The highest BCUT2D eigenvalue weighted by Crippen LogP contribution is 2.52. The highest BCUT2D eigenvalue weighted by Gasteiger charge is 2.51. The van der Waals surface area contributed by atoms with E-state index in [-0.39, 0.29) is 29.9 Å². The maximum atomic E-state index is 15.1. The van der Waals surface area contributed by atoms with Crippen molar-refractivity contribution in [1.29, 1.82) is 0 Å². The first-order valence-electron chi connectivity index (χ1n) is 9.82. The lowest BCUT2D eigenvalue weighted by molar-refractivity contribution is 0.215. The SMILES string of the molecule is CC(F)c1nccc(-c2nc(C(CNCO)C3(F)CC3)cc3c2OCC3C)c1Cl. The fourth-order valence-corrected chi connectivity index (χ4v) is 4.25. The first-order valence-corrected chi connectivity index (χ1v) is 10.2. The number of pyridine rings is 2. The van der Waals surface area contributed by atoms with Crippen LogP contribution in [0.3, 0.4) is 0 Å². The molecular formula is C21H24ClF2N3O2. The Kier molecular flexibility index (Phi) is 5.48. The molecule has 2 aromatic rings. The smallest absolute Gasteiger partial charge is 0.149 e. The molecule has 1 aliphatic carbocycles. The predicted molar refractivity (Wildman–Crippen MR) is 107 cm³/mol. The van der Waals surface area contributed by atoms with Crippen LogP contribution in [0.5, 0.6) is 5.75 Å². The summed E-state index contributed by atoms with van der Waals surface area (Å²) in [5.41, 5.74) is 1.31. The molecule has 1 aliphatic heterocycles. The van der Waals surface area contributed by atoms with Crippen molar-refractivity contribution >= 4 is 11.6 Å². The van der Waals surface area contributed by atoms with E-state index in [9.17, 15) is 4.39 Å². The van der Waals surface area contributed by atoms with Crippen molar-refractivity contribution in [3.8, 4) is 17.0 Å². The third-order valence-electron chi connectivity index (χ3n) is 5.75. The van der Waals surface area contributed by atoms with Gasteiger partial charge in [-0.1, -0.05) is 18.5 Å². The summed E-state index contributed by atoms with van der Waals surface area (Å²) in [6.45, 7) is 3.93. The van der Waals surface area contributed by atoms with Gasteiger partial charge in [0.25, 0.3) is 0 Å². The third kappa shape index (κ3) is 3.71. The molecule has 8 heteroatoms. The summed E-state index contributed by atoms with van der Waals surface area (Å²) < 4.78 is 35.0. The number of ether oxygens (including phenoxy) is 1. The summed E-state index contributed by atoms with van der Waals surface area (Å²) in [5, 5.41) is 12.2. The summed E-state index contributed by atoms with van der Waals surface area (Å²) in [6.07, 6.45) is 1.09. The lowest BCUT2D eigenvalue weighted by atomic mass is 9.92. The van der Waals surface area contributed by atoms with Crippen molar-refractivity contribution in [2.45, 2.75) is 50.4 Å². The number of fused-ring (bicyclic) bond motifs is 1. The van der Waals surface area contributed by atoms with Gasteiger partial charge in [0.15, 0.2) is 0 Å². The zero-order chi connectivity index (χ0) is 20.8. The molecule has 1 saturated carbocycles. The van der Waals surface area contributed by atoms with Crippen LogP contribution in [0.25, 0.3) is 11.3 Å². The molecule has 0 saturated heterocycles. The summed E-state index contributed by atoms with van der Waals surface area (Å²) in [5.74, 6) is 0.211. The first-order chi connectivity index (χ1) is 13.9. The van der Waals surface area contributed by atoms with E-state index in [0.717, 1.165) is 5.56 Å². The molecule has 156 valence electrons. The normalized spacial score (nSPS) is 21.4. The Morgan fingerprint density at radius 1 is 1.45 bits per heavy atom. The van der Waals surface area contributed by atoms with Gasteiger partial charge in [-0.3, -0.25) is 10.3 Å². The van der Waals surface area contributed by atoms with Gasteiger partial charge in [-0.25, -0.2) is 13.8 Å². The molecule has 3 atom stereocenters. The molecule has 5 nitrogen and oxygen atoms in total. The van der Waals surface area contributed by atoms with E-state index in [4.69, 9.17) is 26.4 Å². The van der Waals surface area contributed by atoms with Gasteiger partial charge < -0.3 is 9.84 Å². The average Bonchev–Trinajstić information content (AvgIpc) is 3.33. The standard InChI is InChI=1S/C21H24ClF2N3O2/c1-11-9-29-20-14(11)7-16(15(8-25-10-28)21(24)4-5-21)27-19(20)13-3-6-26-18(12(2)23)17(13)22/h3,6-7,11-12,15,25,28H,4-5,8-10H2,1-2H3. The third-order valence-corrected chi connectivity index (χ3v) is 6.14. The van der Waals surface area contributed by atoms with E-state index in [1.165, 1.54) is 13.1 Å². The van der Waals surface area contributed by atoms with Crippen LogP contribution >= 0.6 is 11.6 Å². The highest BCUT2D eigenvalue weighted by atomic mass is 35.5. The van der Waals surface area contributed by atoms with Gasteiger partial charge in [0.05, 0.1) is 24.1 Å². The Hall–Kier alpha value is -1.83. The highest BCUT2D eigenvalue weighted by molar-refractivity contribution is 6.34. The Bertz CT molecular complexity index is 921. The maximum Gasteiger partial charge on any atom is 0.149 e. The Labute approximate surface area is 173 Å². The molecule has 3 unspecified atom stereocenters. The fraction of sp³-hybridized carbons (Fsp3) is 0.524. The van der Waals surface area contributed by atoms with Crippen molar-refractivity contribution < 1.29 is 18.6 Å². The predicted octanol–water partition coefficient (Wildman–Crippen LogP) is 4.45. The van der Waals surface area contributed by atoms with Crippen molar-refractivity contribution in [2.24, 2.45) is 0 Å². The van der Waals surface area contributed by atoms with Crippen molar-refractivity contribution in [3.05, 3.63) is 40.3 Å². The van der Waals surface area contributed by atoms with Gasteiger partial charge in [0.2, 0.25) is 0 Å². The minimum absolute atomic E-state index is 0.117. The fourth-order valence-electron chi connectivity index (χ4n) is 3.90. The summed E-state index contributed by atoms with van der Waals surface area (Å²) >= 11 is 6.48. The quantitative estimate of drug-likeness (QED) is 0.644. The van der Waals surface area contributed by atoms with E-state index < -0.39 is 17.8 Å². The molecule has 2 aromatic heterocycles. The van der Waals surface area contributed by atoms with Crippen molar-refractivity contribution in [2.75, 3.05) is 19.9 Å². The average molecular weight is 424 g/mol. The maximum absolute atomic E-state index is 15.1. The second kappa shape index (κ2) is 7.78. The van der Waals surface area contributed by atoms with Crippen LogP contribution in [0.1, 0.15) is 61.6 Å². The molecule has 0 radical (unpaired) electrons. The van der Waals surface area contributed by atoms with Crippen LogP contribution in [-0.2, 0) is 0 Å². The van der Waals surface area contributed by atoms with Gasteiger partial charge in [-0.05, 0) is 31.9 Å². The number of alkyl halides is 2. The van der Waals surface area contributed by atoms with Gasteiger partial charge >= 0.3 is 0 Å². The number of rotatable bonds is 7. The van der Waals surface area contributed by atoms with Crippen LogP contribution < -0.4 is 10.1 Å². The van der Waals surface area contributed by atoms with E-state index >= 15 is 4.39 Å². The number of hydrogen-bond donors (Lipinski definition) is 2. The largest absolute Gasteiger partial charge is 0.490 e. The Balaban J connectivity index is 1.87. The monoisotopic (exact) mass is 423 g/mol. The number of aromatic nitrogens is 2. The summed E-state index contributed by atoms with van der Waals surface area (Å²) in [4.78, 5) is 8.80. The molecule has 2 aliphatic rings. The number of aliphatic hydroxyl groups is 1. The lowest BCUT2D eigenvalue weighted by Crippen LogP contribution is -2.30. The topological polar surface area (TPSA) is 67.3 Å². The molecule has 4 rings (SSSR count). The van der Waals surface area contributed by atoms with Gasteiger partial charge in [0.1, 0.15) is 23.3 Å². The molecule has 0 bridgehead atoms. The van der Waals surface area contributed by atoms with Crippen LogP contribution in [0.2, 0.25) is 5.02 Å². The Morgan fingerprint density at radius 2 is 2.21 bits per heavy atom. The minimum atomic E-state index is -1.34.